The molecule has 1 atom stereocenters. The first-order valence-electron chi connectivity index (χ1n) is 9.67. The molecule has 3 aromatic carbocycles. The molecule has 1 unspecified atom stereocenters. The van der Waals surface area contributed by atoms with Crippen molar-refractivity contribution in [1.82, 2.24) is 15.5 Å². The molecule has 0 saturated heterocycles. The monoisotopic (exact) mass is 414 g/mol. The predicted molar refractivity (Wildman–Crippen MR) is 113 cm³/mol. The van der Waals surface area contributed by atoms with Crippen molar-refractivity contribution in [3.8, 4) is 23.0 Å². The Morgan fingerprint density at radius 2 is 1.61 bits per heavy atom. The third-order valence-electron chi connectivity index (χ3n) is 4.75. The van der Waals surface area contributed by atoms with Crippen LogP contribution in [0.1, 0.15) is 17.5 Å². The molecular formula is C23H18N4O4. The summed E-state index contributed by atoms with van der Waals surface area (Å²) in [6.45, 7) is 0.169. The summed E-state index contributed by atoms with van der Waals surface area (Å²) in [6, 6.07) is 23.1. The summed E-state index contributed by atoms with van der Waals surface area (Å²) in [6.07, 6.45) is 0. The molecular weight excluding hydrogens is 396 g/mol. The minimum atomic E-state index is -0.625. The Morgan fingerprint density at radius 1 is 0.871 bits per heavy atom. The maximum absolute atomic E-state index is 12.8. The van der Waals surface area contributed by atoms with Gasteiger partial charge in [0.1, 0.15) is 6.04 Å². The molecule has 8 heteroatoms. The maximum atomic E-state index is 12.8. The van der Waals surface area contributed by atoms with Crippen LogP contribution in [0.2, 0.25) is 0 Å². The van der Waals surface area contributed by atoms with E-state index < -0.39 is 12.1 Å². The van der Waals surface area contributed by atoms with Crippen molar-refractivity contribution in [1.29, 1.82) is 0 Å². The second kappa shape index (κ2) is 8.19. The zero-order valence-corrected chi connectivity index (χ0v) is 16.3. The molecule has 1 aliphatic heterocycles. The van der Waals surface area contributed by atoms with Crippen molar-refractivity contribution in [2.24, 2.45) is 0 Å². The molecule has 8 nitrogen and oxygen atoms in total. The van der Waals surface area contributed by atoms with Crippen LogP contribution in [0.25, 0.3) is 11.5 Å². The molecule has 0 saturated carbocycles. The van der Waals surface area contributed by atoms with Crippen LogP contribution in [0.3, 0.4) is 0 Å². The molecule has 31 heavy (non-hydrogen) atoms. The van der Waals surface area contributed by atoms with Gasteiger partial charge in [0, 0.05) is 17.3 Å². The minimum Gasteiger partial charge on any atom is -0.454 e. The number of hydrogen-bond acceptors (Lipinski definition) is 6. The van der Waals surface area contributed by atoms with Gasteiger partial charge in [0.25, 0.3) is 0 Å². The van der Waals surface area contributed by atoms with Crippen LogP contribution < -0.4 is 20.1 Å². The van der Waals surface area contributed by atoms with E-state index in [0.29, 0.717) is 23.1 Å². The lowest BCUT2D eigenvalue weighted by molar-refractivity contribution is 0.174. The van der Waals surface area contributed by atoms with E-state index >= 15 is 0 Å². The van der Waals surface area contributed by atoms with Crippen LogP contribution in [0.5, 0.6) is 11.5 Å². The average molecular weight is 414 g/mol. The van der Waals surface area contributed by atoms with Gasteiger partial charge in [-0.15, -0.1) is 10.2 Å². The van der Waals surface area contributed by atoms with Crippen LogP contribution in [0, 0.1) is 0 Å². The molecule has 4 aromatic rings. The van der Waals surface area contributed by atoms with E-state index in [0.717, 1.165) is 11.1 Å². The highest BCUT2D eigenvalue weighted by Crippen LogP contribution is 2.34. The summed E-state index contributed by atoms with van der Waals surface area (Å²) >= 11 is 0. The second-order valence-electron chi connectivity index (χ2n) is 6.82. The van der Waals surface area contributed by atoms with E-state index in [1.807, 2.05) is 60.7 Å². The molecule has 0 spiro atoms. The van der Waals surface area contributed by atoms with Gasteiger partial charge >= 0.3 is 6.03 Å². The molecule has 2 amide bonds. The molecule has 154 valence electrons. The number of benzene rings is 3. The number of ether oxygens (including phenoxy) is 2. The van der Waals surface area contributed by atoms with Crippen molar-refractivity contribution >= 4 is 11.7 Å². The first kappa shape index (κ1) is 18.7. The fourth-order valence-electron chi connectivity index (χ4n) is 3.25. The number of rotatable bonds is 5. The van der Waals surface area contributed by atoms with E-state index in [2.05, 4.69) is 20.8 Å². The number of aromatic nitrogens is 2. The highest BCUT2D eigenvalue weighted by atomic mass is 16.7. The van der Waals surface area contributed by atoms with Crippen molar-refractivity contribution in [2.75, 3.05) is 12.1 Å². The summed E-state index contributed by atoms with van der Waals surface area (Å²) in [5.74, 6) is 1.90. The van der Waals surface area contributed by atoms with Crippen molar-refractivity contribution in [3.63, 3.8) is 0 Å². The normalized spacial score (nSPS) is 12.9. The van der Waals surface area contributed by atoms with Crippen LogP contribution in [-0.2, 0) is 0 Å². The number of urea groups is 1. The fraction of sp³-hybridized carbons (Fsp3) is 0.0870. The standard InChI is InChI=1S/C23H18N4O4/c28-23(24-17-11-12-18-19(13-17)30-14-29-18)25-20(15-7-3-1-4-8-15)22-27-26-21(31-22)16-9-5-2-6-10-16/h1-13,20H,14H2,(H2,24,25,28). The van der Waals surface area contributed by atoms with Gasteiger partial charge in [-0.3, -0.25) is 0 Å². The zero-order valence-electron chi connectivity index (χ0n) is 16.3. The quantitative estimate of drug-likeness (QED) is 0.503. The lowest BCUT2D eigenvalue weighted by Crippen LogP contribution is -2.33. The lowest BCUT2D eigenvalue weighted by atomic mass is 10.1. The topological polar surface area (TPSA) is 98.5 Å². The lowest BCUT2D eigenvalue weighted by Gasteiger charge is -2.16. The van der Waals surface area contributed by atoms with Gasteiger partial charge in [-0.2, -0.15) is 0 Å². The fourth-order valence-corrected chi connectivity index (χ4v) is 3.25. The summed E-state index contributed by atoms with van der Waals surface area (Å²) in [7, 11) is 0. The molecule has 1 aliphatic rings. The van der Waals surface area contributed by atoms with E-state index in [9.17, 15) is 4.79 Å². The number of carbonyl (C=O) groups is 1. The largest absolute Gasteiger partial charge is 0.454 e. The molecule has 0 fully saturated rings. The number of nitrogens with one attached hydrogen (secondary N) is 2. The molecule has 5 rings (SSSR count). The number of carbonyl (C=O) groups excluding carboxylic acids is 1. The average Bonchev–Trinajstić information content (AvgIpc) is 3.48. The number of fused-ring (bicyclic) bond motifs is 1. The maximum Gasteiger partial charge on any atom is 0.320 e. The molecule has 2 N–H and O–H groups in total. The first-order valence-corrected chi connectivity index (χ1v) is 9.67. The Kier molecular flexibility index (Phi) is 4.94. The molecule has 0 radical (unpaired) electrons. The Morgan fingerprint density at radius 3 is 2.42 bits per heavy atom. The Balaban J connectivity index is 1.38. The molecule has 1 aromatic heterocycles. The Labute approximate surface area is 177 Å². The second-order valence-corrected chi connectivity index (χ2v) is 6.82. The summed E-state index contributed by atoms with van der Waals surface area (Å²) < 4.78 is 16.6. The predicted octanol–water partition coefficient (Wildman–Crippen LogP) is 4.38. The van der Waals surface area contributed by atoms with Gasteiger partial charge in [0.2, 0.25) is 18.6 Å². The molecule has 2 heterocycles. The highest BCUT2D eigenvalue weighted by Gasteiger charge is 2.24. The number of nitrogens with zero attached hydrogens (tertiary/aromatic N) is 2. The van der Waals surface area contributed by atoms with Crippen molar-refractivity contribution in [2.45, 2.75) is 6.04 Å². The number of anilines is 1. The minimum absolute atomic E-state index is 0.169. The highest BCUT2D eigenvalue weighted by molar-refractivity contribution is 5.90. The van der Waals surface area contributed by atoms with Gasteiger partial charge in [-0.05, 0) is 29.8 Å². The van der Waals surface area contributed by atoms with E-state index in [1.54, 1.807) is 18.2 Å². The van der Waals surface area contributed by atoms with Gasteiger partial charge in [0.05, 0.1) is 0 Å². The van der Waals surface area contributed by atoms with E-state index in [1.165, 1.54) is 0 Å². The first-order chi connectivity index (χ1) is 15.3. The van der Waals surface area contributed by atoms with Crippen LogP contribution in [0.4, 0.5) is 10.5 Å². The number of amides is 2. The molecule has 0 bridgehead atoms. The van der Waals surface area contributed by atoms with Gasteiger partial charge in [-0.25, -0.2) is 4.79 Å². The van der Waals surface area contributed by atoms with E-state index in [-0.39, 0.29) is 12.7 Å². The summed E-state index contributed by atoms with van der Waals surface area (Å²) in [5, 5.41) is 14.0. The Hall–Kier alpha value is -4.33. The Bertz CT molecular complexity index is 1190. The van der Waals surface area contributed by atoms with E-state index in [4.69, 9.17) is 13.9 Å². The van der Waals surface area contributed by atoms with Crippen LogP contribution >= 0.6 is 0 Å². The third-order valence-corrected chi connectivity index (χ3v) is 4.75. The summed E-state index contributed by atoms with van der Waals surface area (Å²) in [4.78, 5) is 12.8. The SMILES string of the molecule is O=C(Nc1ccc2c(c1)OCO2)NC(c1ccccc1)c1nnc(-c2ccccc2)o1. The zero-order chi connectivity index (χ0) is 21.0. The van der Waals surface area contributed by atoms with Crippen LogP contribution in [0.15, 0.2) is 83.3 Å². The smallest absolute Gasteiger partial charge is 0.320 e. The number of hydrogen-bond donors (Lipinski definition) is 2. The van der Waals surface area contributed by atoms with Gasteiger partial charge in [0.15, 0.2) is 11.5 Å². The van der Waals surface area contributed by atoms with Crippen molar-refractivity contribution in [3.05, 3.63) is 90.3 Å². The van der Waals surface area contributed by atoms with Gasteiger partial charge < -0.3 is 24.5 Å². The van der Waals surface area contributed by atoms with Crippen LogP contribution in [-0.4, -0.2) is 23.0 Å². The molecule has 0 aliphatic carbocycles. The third kappa shape index (κ3) is 4.04. The van der Waals surface area contributed by atoms with Crippen molar-refractivity contribution < 1.29 is 18.7 Å². The van der Waals surface area contributed by atoms with Gasteiger partial charge in [-0.1, -0.05) is 48.5 Å². The summed E-state index contributed by atoms with van der Waals surface area (Å²) in [5.41, 5.74) is 2.19.